The van der Waals surface area contributed by atoms with Crippen LogP contribution >= 0.6 is 11.3 Å². The van der Waals surface area contributed by atoms with E-state index in [1.54, 1.807) is 11.3 Å². The van der Waals surface area contributed by atoms with E-state index in [-0.39, 0.29) is 6.61 Å². The maximum Gasteiger partial charge on any atom is 0.147 e. The molecule has 0 radical (unpaired) electrons. The Morgan fingerprint density at radius 2 is 1.39 bits per heavy atom. The van der Waals surface area contributed by atoms with Gasteiger partial charge in [0.05, 0.1) is 19.3 Å². The Morgan fingerprint density at radius 3 is 1.97 bits per heavy atom. The fourth-order valence-corrected chi connectivity index (χ4v) is 4.75. The number of aliphatic hydroxyl groups is 2. The Labute approximate surface area is 204 Å². The van der Waals surface area contributed by atoms with Crippen molar-refractivity contribution in [2.75, 3.05) is 13.2 Å². The molecule has 5 nitrogen and oxygen atoms in total. The van der Waals surface area contributed by atoms with Gasteiger partial charge in [0.15, 0.2) is 0 Å². The van der Waals surface area contributed by atoms with Gasteiger partial charge in [-0.25, -0.2) is 0 Å². The molecule has 1 aromatic heterocycles. The highest BCUT2D eigenvalue weighted by atomic mass is 32.1. The first-order chi connectivity index (χ1) is 16.2. The highest BCUT2D eigenvalue weighted by molar-refractivity contribution is 7.14. The molecule has 2 rings (SSSR count). The molecule has 0 aliphatic heterocycles. The number of unbranched alkanes of at least 4 members (excludes halogenated alkanes) is 12. The van der Waals surface area contributed by atoms with E-state index in [4.69, 9.17) is 9.84 Å². The van der Waals surface area contributed by atoms with Gasteiger partial charge in [-0.1, -0.05) is 95.3 Å². The fraction of sp³-hybridized carbons (Fsp3) is 0.704. The van der Waals surface area contributed by atoms with Crippen LogP contribution in [0.4, 0.5) is 0 Å². The number of benzene rings is 1. The first-order valence-corrected chi connectivity index (χ1v) is 13.9. The lowest BCUT2D eigenvalue weighted by Crippen LogP contribution is -2.15. The lowest BCUT2D eigenvalue weighted by molar-refractivity contribution is 0.0754. The summed E-state index contributed by atoms with van der Waals surface area (Å²) in [4.78, 5) is 0. The minimum atomic E-state index is -0.723. The van der Waals surface area contributed by atoms with Gasteiger partial charge in [0.2, 0.25) is 0 Å². The van der Waals surface area contributed by atoms with E-state index in [0.717, 1.165) is 27.7 Å². The lowest BCUT2D eigenvalue weighted by Gasteiger charge is -2.09. The number of rotatable bonds is 20. The van der Waals surface area contributed by atoms with Crippen molar-refractivity contribution in [1.29, 1.82) is 0 Å². The number of aryl methyl sites for hydroxylation is 1. The summed E-state index contributed by atoms with van der Waals surface area (Å²) in [6.07, 6.45) is 18.5. The van der Waals surface area contributed by atoms with E-state index in [2.05, 4.69) is 17.1 Å². The Morgan fingerprint density at radius 1 is 0.818 bits per heavy atom. The van der Waals surface area contributed by atoms with Gasteiger partial charge >= 0.3 is 0 Å². The zero-order valence-corrected chi connectivity index (χ0v) is 21.3. The van der Waals surface area contributed by atoms with E-state index in [1.165, 1.54) is 83.5 Å². The molecule has 186 valence electrons. The van der Waals surface area contributed by atoms with Gasteiger partial charge in [-0.05, 0) is 30.7 Å². The normalized spacial score (nSPS) is 12.2. The van der Waals surface area contributed by atoms with Crippen LogP contribution in [0.25, 0.3) is 10.6 Å². The van der Waals surface area contributed by atoms with Crippen LogP contribution in [-0.4, -0.2) is 39.7 Å². The maximum absolute atomic E-state index is 9.36. The second kappa shape index (κ2) is 17.9. The Kier molecular flexibility index (Phi) is 15.1. The smallest absolute Gasteiger partial charge is 0.147 e. The van der Waals surface area contributed by atoms with E-state index in [0.29, 0.717) is 13.0 Å². The van der Waals surface area contributed by atoms with Gasteiger partial charge in [0.1, 0.15) is 15.8 Å². The molecule has 6 heteroatoms. The summed E-state index contributed by atoms with van der Waals surface area (Å²) in [6.45, 7) is 2.42. The molecular formula is C27H44N2O3S. The quantitative estimate of drug-likeness (QED) is 0.202. The van der Waals surface area contributed by atoms with Crippen molar-refractivity contribution in [1.82, 2.24) is 10.2 Å². The van der Waals surface area contributed by atoms with Crippen molar-refractivity contribution in [3.05, 3.63) is 29.3 Å². The molecule has 1 heterocycles. The van der Waals surface area contributed by atoms with Crippen LogP contribution in [-0.2, 0) is 6.42 Å². The third-order valence-electron chi connectivity index (χ3n) is 5.99. The van der Waals surface area contributed by atoms with Crippen molar-refractivity contribution in [3.63, 3.8) is 0 Å². The van der Waals surface area contributed by atoms with Gasteiger partial charge in [-0.15, -0.1) is 10.2 Å². The largest absolute Gasteiger partial charge is 0.493 e. The summed E-state index contributed by atoms with van der Waals surface area (Å²) >= 11 is 1.68. The summed E-state index contributed by atoms with van der Waals surface area (Å²) in [5.41, 5.74) is 1.05. The van der Waals surface area contributed by atoms with E-state index in [1.807, 2.05) is 24.3 Å². The monoisotopic (exact) mass is 476 g/mol. The predicted molar refractivity (Wildman–Crippen MR) is 138 cm³/mol. The molecular weight excluding hydrogens is 432 g/mol. The highest BCUT2D eigenvalue weighted by Gasteiger charge is 2.08. The molecule has 0 spiro atoms. The van der Waals surface area contributed by atoms with E-state index >= 15 is 0 Å². The number of ether oxygens (including phenoxy) is 1. The van der Waals surface area contributed by atoms with E-state index < -0.39 is 6.10 Å². The molecule has 1 aromatic carbocycles. The second-order valence-corrected chi connectivity index (χ2v) is 10.1. The highest BCUT2D eigenvalue weighted by Crippen LogP contribution is 2.26. The van der Waals surface area contributed by atoms with E-state index in [9.17, 15) is 5.11 Å². The summed E-state index contributed by atoms with van der Waals surface area (Å²) in [5, 5.41) is 29.0. The first-order valence-electron chi connectivity index (χ1n) is 13.1. The number of aliphatic hydroxyl groups excluding tert-OH is 2. The zero-order valence-electron chi connectivity index (χ0n) is 20.5. The van der Waals surface area contributed by atoms with Crippen molar-refractivity contribution in [2.45, 2.75) is 109 Å². The molecule has 2 N–H and O–H groups in total. The number of hydrogen-bond acceptors (Lipinski definition) is 6. The molecule has 0 aliphatic carbocycles. The van der Waals surface area contributed by atoms with Crippen LogP contribution in [0.15, 0.2) is 24.3 Å². The van der Waals surface area contributed by atoms with Gasteiger partial charge < -0.3 is 14.9 Å². The van der Waals surface area contributed by atoms with Crippen molar-refractivity contribution < 1.29 is 14.9 Å². The van der Waals surface area contributed by atoms with Gasteiger partial charge in [-0.2, -0.15) is 0 Å². The van der Waals surface area contributed by atoms with Crippen LogP contribution in [0.2, 0.25) is 0 Å². The Balaban J connectivity index is 1.52. The minimum Gasteiger partial charge on any atom is -0.493 e. The predicted octanol–water partition coefficient (Wildman–Crippen LogP) is 6.96. The van der Waals surface area contributed by atoms with Gasteiger partial charge in [-0.3, -0.25) is 0 Å². The van der Waals surface area contributed by atoms with Crippen LogP contribution in [0.5, 0.6) is 5.75 Å². The first kappa shape index (κ1) is 27.7. The topological polar surface area (TPSA) is 75.5 Å². The molecule has 1 unspecified atom stereocenters. The number of nitrogens with zero attached hydrogens (tertiary/aromatic N) is 2. The molecule has 0 bridgehead atoms. The van der Waals surface area contributed by atoms with Crippen LogP contribution < -0.4 is 4.74 Å². The molecule has 2 aromatic rings. The van der Waals surface area contributed by atoms with Crippen LogP contribution in [0, 0.1) is 0 Å². The minimum absolute atomic E-state index is 0.235. The third kappa shape index (κ3) is 12.5. The van der Waals surface area contributed by atoms with Crippen LogP contribution in [0.3, 0.4) is 0 Å². The van der Waals surface area contributed by atoms with Gasteiger partial charge in [0, 0.05) is 18.4 Å². The van der Waals surface area contributed by atoms with Crippen molar-refractivity contribution in [3.8, 4) is 16.3 Å². The third-order valence-corrected chi connectivity index (χ3v) is 7.02. The zero-order chi connectivity index (χ0) is 23.6. The molecule has 0 amide bonds. The average Bonchev–Trinajstić information content (AvgIpc) is 3.31. The Bertz CT molecular complexity index is 720. The maximum atomic E-state index is 9.36. The molecule has 0 fully saturated rings. The van der Waals surface area contributed by atoms with Crippen molar-refractivity contribution >= 4 is 11.3 Å². The SMILES string of the molecule is CCCCCCCCCCCCCCCc1nnc(-c2ccc(OCCC(O)CO)cc2)s1. The van der Waals surface area contributed by atoms with Crippen molar-refractivity contribution in [2.24, 2.45) is 0 Å². The summed E-state index contributed by atoms with van der Waals surface area (Å²) in [6, 6.07) is 7.81. The summed E-state index contributed by atoms with van der Waals surface area (Å²) in [5.74, 6) is 0.751. The number of hydrogen-bond donors (Lipinski definition) is 2. The summed E-state index contributed by atoms with van der Waals surface area (Å²) < 4.78 is 5.60. The molecule has 0 saturated carbocycles. The standard InChI is InChI=1S/C27H44N2O3S/c1-2-3-4-5-6-7-8-9-10-11-12-13-14-15-26-28-29-27(33-26)23-16-18-25(19-17-23)32-21-20-24(31)22-30/h16-19,24,30-31H,2-15,20-22H2,1H3. The van der Waals surface area contributed by atoms with Crippen LogP contribution in [0.1, 0.15) is 102 Å². The molecule has 0 aliphatic rings. The number of aromatic nitrogens is 2. The molecule has 33 heavy (non-hydrogen) atoms. The fourth-order valence-electron chi connectivity index (χ4n) is 3.86. The summed E-state index contributed by atoms with van der Waals surface area (Å²) in [7, 11) is 0. The van der Waals surface area contributed by atoms with Gasteiger partial charge in [0.25, 0.3) is 0 Å². The Hall–Kier alpha value is -1.50. The molecule has 0 saturated heterocycles. The average molecular weight is 477 g/mol. The lowest BCUT2D eigenvalue weighted by atomic mass is 10.0. The molecule has 1 atom stereocenters. The second-order valence-electron chi connectivity index (χ2n) is 8.99.